The maximum absolute atomic E-state index is 4.73. The fourth-order valence-corrected chi connectivity index (χ4v) is 3.24. The first-order valence-corrected chi connectivity index (χ1v) is 8.29. The van der Waals surface area contributed by atoms with Gasteiger partial charge >= 0.3 is 11.6 Å². The van der Waals surface area contributed by atoms with Gasteiger partial charge in [0.15, 0.2) is 0 Å². The summed E-state index contributed by atoms with van der Waals surface area (Å²) in [4.78, 5) is 9.22. The number of hydrogen-bond acceptors (Lipinski definition) is 4. The van der Waals surface area contributed by atoms with Crippen LogP contribution in [0.3, 0.4) is 0 Å². The van der Waals surface area contributed by atoms with Gasteiger partial charge in [0, 0.05) is 12.1 Å². The Morgan fingerprint density at radius 1 is 0.760 bits per heavy atom. The molecule has 0 fully saturated rings. The zero-order chi connectivity index (χ0) is 17.9. The number of aromatic nitrogens is 8. The lowest BCUT2D eigenvalue weighted by Crippen LogP contribution is -2.37. The van der Waals surface area contributed by atoms with Crippen molar-refractivity contribution < 1.29 is 9.13 Å². The third-order valence-electron chi connectivity index (χ3n) is 4.56. The standard InChI is InChI=1S/C17H22N8/c1-10-7-12(3)24-16(18-10)22(5)14(20-24)9-15-21-25-13(4)8-11(2)19-17(25)23(15)6/h7-8H,9H2,1-6H3/q+2. The average molecular weight is 338 g/mol. The Balaban J connectivity index is 1.86. The van der Waals surface area contributed by atoms with Crippen molar-refractivity contribution in [3.05, 3.63) is 46.6 Å². The molecule has 0 aliphatic rings. The summed E-state index contributed by atoms with van der Waals surface area (Å²) in [7, 11) is 3.99. The van der Waals surface area contributed by atoms with E-state index in [1.54, 1.807) is 0 Å². The summed E-state index contributed by atoms with van der Waals surface area (Å²) in [5.74, 6) is 3.50. The van der Waals surface area contributed by atoms with Gasteiger partial charge in [-0.2, -0.15) is 0 Å². The van der Waals surface area contributed by atoms with Crippen molar-refractivity contribution >= 4 is 11.6 Å². The molecule has 0 amide bonds. The van der Waals surface area contributed by atoms with Gasteiger partial charge in [0.25, 0.3) is 11.6 Å². The monoisotopic (exact) mass is 338 g/mol. The van der Waals surface area contributed by atoms with Crippen LogP contribution in [-0.2, 0) is 20.5 Å². The smallest absolute Gasteiger partial charge is 0.224 e. The van der Waals surface area contributed by atoms with Crippen LogP contribution in [0.25, 0.3) is 11.6 Å². The summed E-state index contributed by atoms with van der Waals surface area (Å²) in [6.07, 6.45) is 0.608. The third-order valence-corrected chi connectivity index (χ3v) is 4.56. The van der Waals surface area contributed by atoms with E-state index >= 15 is 0 Å². The second kappa shape index (κ2) is 5.30. The van der Waals surface area contributed by atoms with Crippen LogP contribution in [0.2, 0.25) is 0 Å². The minimum atomic E-state index is 0.608. The van der Waals surface area contributed by atoms with E-state index < -0.39 is 0 Å². The summed E-state index contributed by atoms with van der Waals surface area (Å²) in [6, 6.07) is 4.06. The van der Waals surface area contributed by atoms with Gasteiger partial charge < -0.3 is 0 Å². The Labute approximate surface area is 145 Å². The fraction of sp³-hybridized carbons (Fsp3) is 0.412. The number of aryl methyl sites for hydroxylation is 6. The molecular weight excluding hydrogens is 316 g/mol. The van der Waals surface area contributed by atoms with E-state index in [2.05, 4.69) is 9.97 Å². The van der Waals surface area contributed by atoms with Crippen molar-refractivity contribution in [2.75, 3.05) is 0 Å². The SMILES string of the molecule is Cc1cc(C)n2nc(Cc3nn4c(C)cc(C)nc4[n+]3C)[n+](C)c2n1. The molecule has 0 radical (unpaired) electrons. The molecule has 0 saturated carbocycles. The summed E-state index contributed by atoms with van der Waals surface area (Å²) in [5, 5.41) is 9.47. The zero-order valence-electron chi connectivity index (χ0n) is 15.4. The molecule has 0 spiro atoms. The lowest BCUT2D eigenvalue weighted by Gasteiger charge is -1.93. The van der Waals surface area contributed by atoms with Crippen molar-refractivity contribution in [3.63, 3.8) is 0 Å². The maximum Gasteiger partial charge on any atom is 0.387 e. The van der Waals surface area contributed by atoms with Crippen LogP contribution in [0.15, 0.2) is 12.1 Å². The molecule has 0 bridgehead atoms. The Morgan fingerprint density at radius 2 is 1.16 bits per heavy atom. The minimum Gasteiger partial charge on any atom is -0.224 e. The molecule has 0 saturated heterocycles. The first-order chi connectivity index (χ1) is 11.8. The van der Waals surface area contributed by atoms with Crippen LogP contribution >= 0.6 is 0 Å². The van der Waals surface area contributed by atoms with Crippen molar-refractivity contribution in [3.8, 4) is 0 Å². The van der Waals surface area contributed by atoms with Crippen LogP contribution in [0.5, 0.6) is 0 Å². The Hall–Kier alpha value is -2.90. The molecule has 4 rings (SSSR count). The number of rotatable bonds is 2. The van der Waals surface area contributed by atoms with Gasteiger partial charge in [-0.1, -0.05) is 9.03 Å². The molecule has 0 aromatic carbocycles. The van der Waals surface area contributed by atoms with Crippen molar-refractivity contribution in [1.82, 2.24) is 29.2 Å². The van der Waals surface area contributed by atoms with Crippen molar-refractivity contribution in [1.29, 1.82) is 0 Å². The number of nitrogens with zero attached hydrogens (tertiary/aromatic N) is 8. The van der Waals surface area contributed by atoms with Crippen LogP contribution in [0, 0.1) is 27.7 Å². The predicted molar refractivity (Wildman–Crippen MR) is 90.1 cm³/mol. The van der Waals surface area contributed by atoms with Crippen LogP contribution in [0.4, 0.5) is 0 Å². The highest BCUT2D eigenvalue weighted by Crippen LogP contribution is 2.08. The molecule has 4 aromatic rings. The van der Waals surface area contributed by atoms with E-state index in [4.69, 9.17) is 10.2 Å². The fourth-order valence-electron chi connectivity index (χ4n) is 3.24. The molecule has 25 heavy (non-hydrogen) atoms. The summed E-state index contributed by atoms with van der Waals surface area (Å²) in [5.41, 5.74) is 4.11. The average Bonchev–Trinajstić information content (AvgIpc) is 3.01. The van der Waals surface area contributed by atoms with Gasteiger partial charge in [-0.05, 0) is 37.9 Å². The molecule has 8 heteroatoms. The molecule has 0 N–H and O–H groups in total. The topological polar surface area (TPSA) is 68.1 Å². The van der Waals surface area contributed by atoms with Gasteiger partial charge in [0.1, 0.15) is 29.2 Å². The molecular formula is C17H22N8+2. The van der Waals surface area contributed by atoms with Crippen molar-refractivity contribution in [2.45, 2.75) is 34.1 Å². The number of hydrogen-bond donors (Lipinski definition) is 0. The van der Waals surface area contributed by atoms with E-state index in [-0.39, 0.29) is 0 Å². The van der Waals surface area contributed by atoms with Crippen LogP contribution in [-0.4, -0.2) is 29.2 Å². The highest BCUT2D eigenvalue weighted by molar-refractivity contribution is 5.26. The molecule has 0 aliphatic carbocycles. The van der Waals surface area contributed by atoms with Crippen molar-refractivity contribution in [2.24, 2.45) is 14.1 Å². The van der Waals surface area contributed by atoms with Crippen LogP contribution < -0.4 is 9.13 Å². The number of fused-ring (bicyclic) bond motifs is 2. The highest BCUT2D eigenvalue weighted by Gasteiger charge is 2.26. The van der Waals surface area contributed by atoms with Gasteiger partial charge in [0.2, 0.25) is 0 Å². The van der Waals surface area contributed by atoms with Gasteiger partial charge in [-0.15, -0.1) is 9.97 Å². The normalized spacial score (nSPS) is 11.8. The molecule has 4 aromatic heterocycles. The summed E-state index contributed by atoms with van der Waals surface area (Å²) >= 11 is 0. The quantitative estimate of drug-likeness (QED) is 0.491. The minimum absolute atomic E-state index is 0.608. The summed E-state index contributed by atoms with van der Waals surface area (Å²) < 4.78 is 7.81. The van der Waals surface area contributed by atoms with E-state index in [9.17, 15) is 0 Å². The molecule has 8 nitrogen and oxygen atoms in total. The Kier molecular flexibility index (Phi) is 3.31. The first kappa shape index (κ1) is 15.6. The molecule has 0 unspecified atom stereocenters. The first-order valence-electron chi connectivity index (χ1n) is 8.29. The van der Waals surface area contributed by atoms with Gasteiger partial charge in [-0.25, -0.2) is 9.13 Å². The van der Waals surface area contributed by atoms with Gasteiger partial charge in [-0.3, -0.25) is 0 Å². The maximum atomic E-state index is 4.73. The van der Waals surface area contributed by atoms with E-state index in [0.717, 1.165) is 46.0 Å². The van der Waals surface area contributed by atoms with E-state index in [0.29, 0.717) is 6.42 Å². The van der Waals surface area contributed by atoms with Crippen LogP contribution in [0.1, 0.15) is 34.4 Å². The lowest BCUT2D eigenvalue weighted by molar-refractivity contribution is -0.668. The second-order valence-electron chi connectivity index (χ2n) is 6.63. The zero-order valence-corrected chi connectivity index (χ0v) is 15.4. The summed E-state index contributed by atoms with van der Waals surface area (Å²) in [6.45, 7) is 8.08. The van der Waals surface area contributed by atoms with Gasteiger partial charge in [0.05, 0.1) is 14.1 Å². The molecule has 0 atom stereocenters. The molecule has 128 valence electrons. The van der Waals surface area contributed by atoms with E-state index in [1.807, 2.05) is 72.1 Å². The Bertz CT molecular complexity index is 1050. The second-order valence-corrected chi connectivity index (χ2v) is 6.63. The molecule has 4 heterocycles. The van der Waals surface area contributed by atoms with E-state index in [1.165, 1.54) is 0 Å². The highest BCUT2D eigenvalue weighted by atomic mass is 15.4. The third kappa shape index (κ3) is 2.36. The largest absolute Gasteiger partial charge is 0.387 e. The Morgan fingerprint density at radius 3 is 1.56 bits per heavy atom. The molecule has 0 aliphatic heterocycles. The lowest BCUT2D eigenvalue weighted by atomic mass is 10.3. The predicted octanol–water partition coefficient (Wildman–Crippen LogP) is 0.245.